The fourth-order valence-electron chi connectivity index (χ4n) is 4.34. The van der Waals surface area contributed by atoms with Crippen LogP contribution in [0, 0.1) is 0 Å². The van der Waals surface area contributed by atoms with Crippen molar-refractivity contribution in [1.29, 1.82) is 0 Å². The van der Waals surface area contributed by atoms with Crippen LogP contribution in [0.5, 0.6) is 5.75 Å². The van der Waals surface area contributed by atoms with Gasteiger partial charge in [-0.15, -0.1) is 0 Å². The molecule has 0 amide bonds. The number of benzene rings is 1. The second kappa shape index (κ2) is 15.3. The van der Waals surface area contributed by atoms with Gasteiger partial charge < -0.3 is 9.47 Å². The van der Waals surface area contributed by atoms with E-state index in [4.69, 9.17) is 9.47 Å². The number of esters is 1. The van der Waals surface area contributed by atoms with Crippen LogP contribution < -0.4 is 4.74 Å². The third kappa shape index (κ3) is 10.1. The van der Waals surface area contributed by atoms with Gasteiger partial charge in [-0.2, -0.15) is 0 Å². The van der Waals surface area contributed by atoms with Gasteiger partial charge >= 0.3 is 5.97 Å². The lowest BCUT2D eigenvalue weighted by Crippen LogP contribution is -2.28. The average molecular weight is 435 g/mol. The Hall–Kier alpha value is -1.58. The molecule has 0 radical (unpaired) electrons. The fraction of sp³-hybridized carbons (Fsp3) is 0.741. The van der Waals surface area contributed by atoms with Crippen molar-refractivity contribution >= 4 is 5.97 Å². The Labute approximate surface area is 189 Å². The number of hydrogen-bond acceptors (Lipinski definition) is 3. The van der Waals surface area contributed by atoms with Crippen LogP contribution in [0.4, 0.5) is 4.39 Å². The molecule has 0 aromatic heterocycles. The molecule has 2 rings (SSSR count). The van der Waals surface area contributed by atoms with Crippen LogP contribution in [0.25, 0.3) is 0 Å². The van der Waals surface area contributed by atoms with Crippen molar-refractivity contribution in [2.24, 2.45) is 0 Å². The molecule has 1 aliphatic rings. The Kier molecular flexibility index (Phi) is 12.6. The molecule has 0 unspecified atom stereocenters. The van der Waals surface area contributed by atoms with Gasteiger partial charge in [0.1, 0.15) is 11.9 Å². The molecule has 1 atom stereocenters. The number of rotatable bonds is 15. The molecule has 0 heterocycles. The molecule has 3 nitrogen and oxygen atoms in total. The summed E-state index contributed by atoms with van der Waals surface area (Å²) < 4.78 is 25.1. The summed E-state index contributed by atoms with van der Waals surface area (Å²) in [6, 6.07) is 8.48. The summed E-state index contributed by atoms with van der Waals surface area (Å²) in [4.78, 5) is 11.9. The van der Waals surface area contributed by atoms with E-state index in [1.54, 1.807) is 0 Å². The molecule has 0 saturated heterocycles. The highest BCUT2D eigenvalue weighted by atomic mass is 19.1. The Morgan fingerprint density at radius 3 is 2.16 bits per heavy atom. The minimum absolute atomic E-state index is 0.131. The summed E-state index contributed by atoms with van der Waals surface area (Å²) in [6.07, 6.45) is 12.9. The molecule has 1 aromatic rings. The van der Waals surface area contributed by atoms with Crippen molar-refractivity contribution in [3.05, 3.63) is 29.8 Å². The van der Waals surface area contributed by atoms with Crippen LogP contribution in [0.15, 0.2) is 24.3 Å². The summed E-state index contributed by atoms with van der Waals surface area (Å²) in [5.41, 5.74) is 1.32. The number of halogens is 1. The summed E-state index contributed by atoms with van der Waals surface area (Å²) in [5.74, 6) is 0.756. The molecular formula is C27H43FO3. The van der Waals surface area contributed by atoms with E-state index in [9.17, 15) is 9.18 Å². The number of carbonyl (C=O) groups is 1. The maximum atomic E-state index is 13.8. The smallest absolute Gasteiger partial charge is 0.340 e. The summed E-state index contributed by atoms with van der Waals surface area (Å²) in [6.45, 7) is 5.03. The van der Waals surface area contributed by atoms with E-state index >= 15 is 0 Å². The van der Waals surface area contributed by atoms with Crippen LogP contribution in [-0.2, 0) is 9.53 Å². The number of alkyl halides is 1. The van der Waals surface area contributed by atoms with E-state index < -0.39 is 12.1 Å². The lowest BCUT2D eigenvalue weighted by molar-refractivity contribution is -0.157. The molecule has 1 aromatic carbocycles. The van der Waals surface area contributed by atoms with Crippen molar-refractivity contribution in [3.63, 3.8) is 0 Å². The molecular weight excluding hydrogens is 391 g/mol. The Bertz CT molecular complexity index is 593. The zero-order chi connectivity index (χ0) is 22.3. The first-order chi connectivity index (χ1) is 15.1. The average Bonchev–Trinajstić information content (AvgIpc) is 2.80. The number of hydrogen-bond donors (Lipinski definition) is 0. The largest absolute Gasteiger partial charge is 0.494 e. The van der Waals surface area contributed by atoms with Gasteiger partial charge in [0.2, 0.25) is 0 Å². The Balaban J connectivity index is 1.62. The van der Waals surface area contributed by atoms with Gasteiger partial charge in [-0.25, -0.2) is 9.18 Å². The third-order valence-corrected chi connectivity index (χ3v) is 6.39. The number of unbranched alkanes of at least 4 members (excludes halogenated alkanes) is 7. The van der Waals surface area contributed by atoms with E-state index in [-0.39, 0.29) is 12.5 Å². The predicted molar refractivity (Wildman–Crippen MR) is 125 cm³/mol. The highest BCUT2D eigenvalue weighted by Crippen LogP contribution is 2.35. The molecule has 0 bridgehead atoms. The topological polar surface area (TPSA) is 35.5 Å². The molecule has 0 spiro atoms. The Morgan fingerprint density at radius 2 is 1.52 bits per heavy atom. The molecule has 0 N–H and O–H groups in total. The standard InChI is InChI=1S/C27H43FO3/c1-3-5-7-8-9-10-11-21-30-24-17-13-22(14-18-24)23-15-19-25(20-16-23)31-27(29)26(28)12-6-4-2/h13-14,17-18,23,25-26H,3-12,15-16,19-21H2,1-2H3/t23?,25?,26-/m0/s1. The minimum atomic E-state index is -1.47. The normalized spacial score (nSPS) is 19.7. The highest BCUT2D eigenvalue weighted by Gasteiger charge is 2.27. The summed E-state index contributed by atoms with van der Waals surface area (Å²) in [7, 11) is 0. The SMILES string of the molecule is CCCCCCCCCOc1ccc(C2CCC(OC(=O)[C@@H](F)CCCC)CC2)cc1. The van der Waals surface area contributed by atoms with E-state index in [1.165, 1.54) is 44.1 Å². The second-order valence-electron chi connectivity index (χ2n) is 9.06. The maximum Gasteiger partial charge on any atom is 0.340 e. The summed E-state index contributed by atoms with van der Waals surface area (Å²) >= 11 is 0. The third-order valence-electron chi connectivity index (χ3n) is 6.39. The van der Waals surface area contributed by atoms with E-state index in [2.05, 4.69) is 31.2 Å². The van der Waals surface area contributed by atoms with Crippen molar-refractivity contribution in [3.8, 4) is 5.75 Å². The highest BCUT2D eigenvalue weighted by molar-refractivity contribution is 5.74. The quantitative estimate of drug-likeness (QED) is 0.208. The molecule has 176 valence electrons. The second-order valence-corrected chi connectivity index (χ2v) is 9.06. The molecule has 0 aliphatic heterocycles. The first kappa shape index (κ1) is 25.7. The monoisotopic (exact) mass is 434 g/mol. The molecule has 1 fully saturated rings. The molecule has 31 heavy (non-hydrogen) atoms. The van der Waals surface area contributed by atoms with Crippen molar-refractivity contribution in [2.75, 3.05) is 6.61 Å². The van der Waals surface area contributed by atoms with Gasteiger partial charge in [0, 0.05) is 0 Å². The lowest BCUT2D eigenvalue weighted by atomic mass is 9.83. The fourth-order valence-corrected chi connectivity index (χ4v) is 4.34. The van der Waals surface area contributed by atoms with Gasteiger partial charge in [0.15, 0.2) is 6.17 Å². The van der Waals surface area contributed by atoms with E-state index in [0.29, 0.717) is 5.92 Å². The van der Waals surface area contributed by atoms with Crippen molar-refractivity contribution < 1.29 is 18.7 Å². The van der Waals surface area contributed by atoms with Gasteiger partial charge in [0.05, 0.1) is 6.61 Å². The van der Waals surface area contributed by atoms with Crippen LogP contribution in [0.3, 0.4) is 0 Å². The van der Waals surface area contributed by atoms with Crippen LogP contribution in [0.1, 0.15) is 115 Å². The first-order valence-electron chi connectivity index (χ1n) is 12.7. The lowest BCUT2D eigenvalue weighted by Gasteiger charge is -2.29. The van der Waals surface area contributed by atoms with Crippen LogP contribution >= 0.6 is 0 Å². The zero-order valence-electron chi connectivity index (χ0n) is 19.8. The van der Waals surface area contributed by atoms with Crippen molar-refractivity contribution in [2.45, 2.75) is 122 Å². The van der Waals surface area contributed by atoms with Gasteiger partial charge in [-0.3, -0.25) is 0 Å². The van der Waals surface area contributed by atoms with Crippen molar-refractivity contribution in [1.82, 2.24) is 0 Å². The Morgan fingerprint density at radius 1 is 0.903 bits per heavy atom. The summed E-state index contributed by atoms with van der Waals surface area (Å²) in [5, 5.41) is 0. The first-order valence-corrected chi connectivity index (χ1v) is 12.7. The molecule has 1 aliphatic carbocycles. The van der Waals surface area contributed by atoms with E-state index in [0.717, 1.165) is 57.3 Å². The van der Waals surface area contributed by atoms with Gasteiger partial charge in [-0.1, -0.05) is 77.3 Å². The van der Waals surface area contributed by atoms with Crippen LogP contribution in [-0.4, -0.2) is 24.9 Å². The predicted octanol–water partition coefficient (Wildman–Crippen LogP) is 7.91. The number of carbonyl (C=O) groups excluding carboxylic acids is 1. The van der Waals surface area contributed by atoms with Crippen LogP contribution in [0.2, 0.25) is 0 Å². The number of ether oxygens (including phenoxy) is 2. The molecule has 4 heteroatoms. The van der Waals surface area contributed by atoms with Gasteiger partial charge in [0.25, 0.3) is 0 Å². The van der Waals surface area contributed by atoms with E-state index in [1.807, 2.05) is 6.92 Å². The van der Waals surface area contributed by atoms with Gasteiger partial charge in [-0.05, 0) is 62.1 Å². The molecule has 1 saturated carbocycles. The minimum Gasteiger partial charge on any atom is -0.494 e. The zero-order valence-corrected chi connectivity index (χ0v) is 19.8. The maximum absolute atomic E-state index is 13.8.